The van der Waals surface area contributed by atoms with E-state index in [0.29, 0.717) is 12.1 Å². The lowest BCUT2D eigenvalue weighted by Crippen LogP contribution is -2.43. The molecule has 0 amide bonds. The third-order valence-corrected chi connectivity index (χ3v) is 2.64. The third kappa shape index (κ3) is 4.50. The van der Waals surface area contributed by atoms with Crippen LogP contribution in [0.15, 0.2) is 18.2 Å². The summed E-state index contributed by atoms with van der Waals surface area (Å²) in [5.74, 6) is 0. The molecule has 1 rings (SSSR count). The summed E-state index contributed by atoms with van der Waals surface area (Å²) < 4.78 is 0. The second-order valence-electron chi connectivity index (χ2n) is 5.19. The zero-order valence-electron chi connectivity index (χ0n) is 11.8. The normalized spacial score (nSPS) is 13.6. The van der Waals surface area contributed by atoms with Gasteiger partial charge in [0.25, 0.3) is 5.69 Å². The highest BCUT2D eigenvalue weighted by Crippen LogP contribution is 2.25. The minimum absolute atomic E-state index is 0.121. The van der Waals surface area contributed by atoms with Gasteiger partial charge >= 0.3 is 0 Å². The number of nitro groups is 1. The van der Waals surface area contributed by atoms with Crippen LogP contribution < -0.4 is 5.32 Å². The summed E-state index contributed by atoms with van der Waals surface area (Å²) in [6, 6.07) is 6.01. The molecule has 7 heteroatoms. The van der Waals surface area contributed by atoms with Gasteiger partial charge in [0.05, 0.1) is 22.2 Å². The summed E-state index contributed by atoms with van der Waals surface area (Å²) in [6.07, 6.45) is 0. The van der Waals surface area contributed by atoms with Crippen LogP contribution in [0.1, 0.15) is 12.5 Å². The minimum atomic E-state index is -1.04. The second kappa shape index (κ2) is 6.32. The first-order valence-electron chi connectivity index (χ1n) is 6.05. The Labute approximate surface area is 117 Å². The molecule has 0 aliphatic heterocycles. The van der Waals surface area contributed by atoms with Crippen LogP contribution in [0.2, 0.25) is 0 Å². The first kappa shape index (κ1) is 15.9. The molecule has 0 fully saturated rings. The van der Waals surface area contributed by atoms with Crippen molar-refractivity contribution in [2.75, 3.05) is 32.5 Å². The zero-order chi connectivity index (χ0) is 15.3. The number of hydrogen-bond donors (Lipinski definition) is 2. The first-order chi connectivity index (χ1) is 9.25. The van der Waals surface area contributed by atoms with E-state index in [1.54, 1.807) is 6.92 Å². The molecule has 1 aromatic carbocycles. The number of nitrogens with one attached hydrogen (secondary N) is 1. The first-order valence-corrected chi connectivity index (χ1v) is 6.05. The van der Waals surface area contributed by atoms with E-state index in [2.05, 4.69) is 5.32 Å². The van der Waals surface area contributed by atoms with Crippen molar-refractivity contribution in [3.05, 3.63) is 33.9 Å². The molecule has 0 aliphatic rings. The molecule has 0 aliphatic carbocycles. The van der Waals surface area contributed by atoms with E-state index in [-0.39, 0.29) is 17.9 Å². The number of likely N-dealkylation sites (N-methyl/N-ethyl adjacent to an activating group) is 1. The van der Waals surface area contributed by atoms with E-state index in [9.17, 15) is 15.2 Å². The largest absolute Gasteiger partial charge is 0.387 e. The average molecular weight is 278 g/mol. The Morgan fingerprint density at radius 1 is 1.55 bits per heavy atom. The number of hydrogen-bond acceptors (Lipinski definition) is 6. The fraction of sp³-hybridized carbons (Fsp3) is 0.462. The van der Waals surface area contributed by atoms with Gasteiger partial charge in [0.1, 0.15) is 5.69 Å². The van der Waals surface area contributed by atoms with Gasteiger partial charge in [-0.25, -0.2) is 0 Å². The van der Waals surface area contributed by atoms with E-state index in [4.69, 9.17) is 5.26 Å². The van der Waals surface area contributed by atoms with Crippen LogP contribution in [0, 0.1) is 21.4 Å². The van der Waals surface area contributed by atoms with Crippen molar-refractivity contribution >= 4 is 11.4 Å². The fourth-order valence-corrected chi connectivity index (χ4v) is 1.93. The Balaban J connectivity index is 2.91. The number of anilines is 1. The van der Waals surface area contributed by atoms with E-state index in [0.717, 1.165) is 0 Å². The Morgan fingerprint density at radius 3 is 2.70 bits per heavy atom. The average Bonchev–Trinajstić information content (AvgIpc) is 2.34. The van der Waals surface area contributed by atoms with Gasteiger partial charge in [0.2, 0.25) is 0 Å². The molecule has 1 unspecified atom stereocenters. The molecule has 1 atom stereocenters. The van der Waals surface area contributed by atoms with Crippen molar-refractivity contribution in [2.45, 2.75) is 12.5 Å². The van der Waals surface area contributed by atoms with Crippen molar-refractivity contribution in [1.82, 2.24) is 4.90 Å². The minimum Gasteiger partial charge on any atom is -0.387 e. The second-order valence-corrected chi connectivity index (χ2v) is 5.19. The summed E-state index contributed by atoms with van der Waals surface area (Å²) in [7, 11) is 3.65. The van der Waals surface area contributed by atoms with Crippen molar-refractivity contribution in [3.8, 4) is 6.07 Å². The SMILES string of the molecule is CN(C)CC(C)(O)CNc1cc(C#N)ccc1[N+](=O)[O-]. The van der Waals surface area contributed by atoms with Gasteiger partial charge in [-0.2, -0.15) is 5.26 Å². The van der Waals surface area contributed by atoms with Crippen LogP contribution in [-0.4, -0.2) is 47.7 Å². The smallest absolute Gasteiger partial charge is 0.292 e. The van der Waals surface area contributed by atoms with E-state index >= 15 is 0 Å². The number of nitriles is 1. The predicted octanol–water partition coefficient (Wildman–Crippen LogP) is 1.19. The van der Waals surface area contributed by atoms with Crippen LogP contribution >= 0.6 is 0 Å². The Bertz CT molecular complexity index is 535. The summed E-state index contributed by atoms with van der Waals surface area (Å²) in [6.45, 7) is 2.19. The Kier molecular flexibility index (Phi) is 5.02. The van der Waals surface area contributed by atoms with Gasteiger partial charge in [-0.3, -0.25) is 10.1 Å². The van der Waals surface area contributed by atoms with Crippen LogP contribution in [0.3, 0.4) is 0 Å². The van der Waals surface area contributed by atoms with Gasteiger partial charge in [-0.05, 0) is 33.2 Å². The summed E-state index contributed by atoms with van der Waals surface area (Å²) in [5.41, 5.74) is -0.608. The highest BCUT2D eigenvalue weighted by atomic mass is 16.6. The summed E-state index contributed by atoms with van der Waals surface area (Å²) >= 11 is 0. The molecule has 20 heavy (non-hydrogen) atoms. The van der Waals surface area contributed by atoms with E-state index in [1.165, 1.54) is 18.2 Å². The van der Waals surface area contributed by atoms with E-state index < -0.39 is 10.5 Å². The topological polar surface area (TPSA) is 102 Å². The van der Waals surface area contributed by atoms with Gasteiger partial charge in [-0.15, -0.1) is 0 Å². The van der Waals surface area contributed by atoms with Crippen molar-refractivity contribution in [1.29, 1.82) is 5.26 Å². The van der Waals surface area contributed by atoms with Gasteiger partial charge in [0, 0.05) is 19.2 Å². The number of benzene rings is 1. The van der Waals surface area contributed by atoms with Crippen molar-refractivity contribution < 1.29 is 10.0 Å². The molecular weight excluding hydrogens is 260 g/mol. The summed E-state index contributed by atoms with van der Waals surface area (Å²) in [4.78, 5) is 12.2. The molecule has 2 N–H and O–H groups in total. The van der Waals surface area contributed by atoms with Gasteiger partial charge in [-0.1, -0.05) is 0 Å². The lowest BCUT2D eigenvalue weighted by molar-refractivity contribution is -0.384. The number of aliphatic hydroxyl groups is 1. The van der Waals surface area contributed by atoms with Crippen molar-refractivity contribution in [3.63, 3.8) is 0 Å². The van der Waals surface area contributed by atoms with Gasteiger partial charge < -0.3 is 15.3 Å². The fourth-order valence-electron chi connectivity index (χ4n) is 1.93. The molecule has 0 aromatic heterocycles. The predicted molar refractivity (Wildman–Crippen MR) is 75.5 cm³/mol. The number of nitro benzene ring substituents is 1. The third-order valence-electron chi connectivity index (χ3n) is 2.64. The molecular formula is C13H18N4O3. The molecule has 0 bridgehead atoms. The molecule has 0 heterocycles. The lowest BCUT2D eigenvalue weighted by atomic mass is 10.1. The molecule has 0 radical (unpaired) electrons. The lowest BCUT2D eigenvalue weighted by Gasteiger charge is -2.27. The molecule has 0 spiro atoms. The van der Waals surface area contributed by atoms with Crippen LogP contribution in [-0.2, 0) is 0 Å². The Hall–Kier alpha value is -2.17. The maximum Gasteiger partial charge on any atom is 0.292 e. The maximum absolute atomic E-state index is 10.9. The molecule has 1 aromatic rings. The number of rotatable bonds is 6. The van der Waals surface area contributed by atoms with Crippen molar-refractivity contribution in [2.24, 2.45) is 0 Å². The van der Waals surface area contributed by atoms with Gasteiger partial charge in [0.15, 0.2) is 0 Å². The maximum atomic E-state index is 10.9. The molecule has 0 saturated carbocycles. The molecule has 0 saturated heterocycles. The standard InChI is InChI=1S/C13H18N4O3/c1-13(18,9-16(2)3)8-15-11-6-10(7-14)4-5-12(11)17(19)20/h4-6,15,18H,8-9H2,1-3H3. The van der Waals surface area contributed by atoms with Crippen LogP contribution in [0.4, 0.5) is 11.4 Å². The molecule has 7 nitrogen and oxygen atoms in total. The number of nitrogens with zero attached hydrogens (tertiary/aromatic N) is 3. The Morgan fingerprint density at radius 2 is 2.20 bits per heavy atom. The van der Waals surface area contributed by atoms with Crippen LogP contribution in [0.25, 0.3) is 0 Å². The molecule has 108 valence electrons. The quantitative estimate of drug-likeness (QED) is 0.598. The monoisotopic (exact) mass is 278 g/mol. The van der Waals surface area contributed by atoms with Crippen LogP contribution in [0.5, 0.6) is 0 Å². The zero-order valence-corrected chi connectivity index (χ0v) is 11.8. The van der Waals surface area contributed by atoms with E-state index in [1.807, 2.05) is 25.1 Å². The highest BCUT2D eigenvalue weighted by molar-refractivity contribution is 5.64. The summed E-state index contributed by atoms with van der Waals surface area (Å²) in [5, 5.41) is 32.8. The highest BCUT2D eigenvalue weighted by Gasteiger charge is 2.23.